The third-order valence-electron chi connectivity index (χ3n) is 4.18. The van der Waals surface area contributed by atoms with E-state index in [2.05, 4.69) is 0 Å². The molecule has 0 radical (unpaired) electrons. The summed E-state index contributed by atoms with van der Waals surface area (Å²) in [5.41, 5.74) is 0. The van der Waals surface area contributed by atoms with Crippen molar-refractivity contribution in [3.05, 3.63) is 16.5 Å². The van der Waals surface area contributed by atoms with Gasteiger partial charge in [0.25, 0.3) is 10.0 Å². The van der Waals surface area contributed by atoms with Gasteiger partial charge in [0.05, 0.1) is 4.34 Å². The molecule has 2 aliphatic heterocycles. The van der Waals surface area contributed by atoms with Gasteiger partial charge in [0.15, 0.2) is 0 Å². The Morgan fingerprint density at radius 2 is 1.68 bits per heavy atom. The smallest absolute Gasteiger partial charge is 0.252 e. The molecule has 0 unspecified atom stereocenters. The topological polar surface area (TPSA) is 95.1 Å². The Morgan fingerprint density at radius 1 is 1.08 bits per heavy atom. The average molecular weight is 406 g/mol. The van der Waals surface area contributed by atoms with Crippen LogP contribution in [0.2, 0.25) is 4.34 Å². The fraction of sp³-hybridized carbons (Fsp3) is 0.500. The number of carbonyl (C=O) groups is 3. The quantitative estimate of drug-likeness (QED) is 0.675. The van der Waals surface area contributed by atoms with E-state index in [0.717, 1.165) is 16.2 Å². The first kappa shape index (κ1) is 18.3. The summed E-state index contributed by atoms with van der Waals surface area (Å²) in [6.07, 6.45) is 0.281. The summed E-state index contributed by atoms with van der Waals surface area (Å²) in [6.45, 7) is 0.475. The highest BCUT2D eigenvalue weighted by Gasteiger charge is 2.34. The van der Waals surface area contributed by atoms with Crippen molar-refractivity contribution in [3.8, 4) is 0 Å². The van der Waals surface area contributed by atoms with Crippen LogP contribution in [0.5, 0.6) is 0 Å². The number of amides is 3. The largest absolute Gasteiger partial charge is 0.338 e. The number of carbonyl (C=O) groups excluding carboxylic acids is 3. The fourth-order valence-electron chi connectivity index (χ4n) is 2.78. The van der Waals surface area contributed by atoms with Crippen molar-refractivity contribution in [2.24, 2.45) is 0 Å². The molecule has 0 saturated carbocycles. The van der Waals surface area contributed by atoms with Gasteiger partial charge in [0.1, 0.15) is 10.8 Å². The van der Waals surface area contributed by atoms with Gasteiger partial charge in [-0.05, 0) is 12.1 Å². The average Bonchev–Trinajstić information content (AvgIpc) is 3.16. The number of likely N-dealkylation sites (tertiary alicyclic amines) is 1. The van der Waals surface area contributed by atoms with Crippen LogP contribution in [0.1, 0.15) is 12.8 Å². The number of hydrogen-bond donors (Lipinski definition) is 0. The maximum absolute atomic E-state index is 12.5. The number of halogens is 1. The van der Waals surface area contributed by atoms with Crippen molar-refractivity contribution in [1.82, 2.24) is 14.1 Å². The molecule has 11 heteroatoms. The van der Waals surface area contributed by atoms with Gasteiger partial charge >= 0.3 is 0 Å². The van der Waals surface area contributed by atoms with Gasteiger partial charge in [0, 0.05) is 39.0 Å². The normalized spacial score (nSPS) is 19.7. The number of sulfonamides is 1. The Bertz CT molecular complexity index is 798. The van der Waals surface area contributed by atoms with E-state index in [0.29, 0.717) is 4.34 Å². The van der Waals surface area contributed by atoms with E-state index in [4.69, 9.17) is 11.6 Å². The van der Waals surface area contributed by atoms with Gasteiger partial charge < -0.3 is 4.90 Å². The van der Waals surface area contributed by atoms with Crippen LogP contribution in [0.25, 0.3) is 0 Å². The van der Waals surface area contributed by atoms with Crippen molar-refractivity contribution in [3.63, 3.8) is 0 Å². The molecule has 0 bridgehead atoms. The van der Waals surface area contributed by atoms with Crippen molar-refractivity contribution >= 4 is 50.7 Å². The lowest BCUT2D eigenvalue weighted by Crippen LogP contribution is -2.52. The molecule has 0 atom stereocenters. The zero-order chi connectivity index (χ0) is 18.2. The Balaban J connectivity index is 1.59. The monoisotopic (exact) mass is 405 g/mol. The summed E-state index contributed by atoms with van der Waals surface area (Å²) in [5, 5.41) is 0. The van der Waals surface area contributed by atoms with Crippen molar-refractivity contribution in [2.75, 3.05) is 32.7 Å². The van der Waals surface area contributed by atoms with Gasteiger partial charge in [-0.1, -0.05) is 11.6 Å². The van der Waals surface area contributed by atoms with Gasteiger partial charge in [-0.25, -0.2) is 8.42 Å². The summed E-state index contributed by atoms with van der Waals surface area (Å²) in [6, 6.07) is 2.99. The number of thiophene rings is 1. The van der Waals surface area contributed by atoms with Crippen LogP contribution in [0.3, 0.4) is 0 Å². The van der Waals surface area contributed by atoms with Gasteiger partial charge in [-0.3, -0.25) is 19.3 Å². The molecule has 0 N–H and O–H groups in total. The number of rotatable bonds is 4. The molecule has 3 amide bonds. The first-order chi connectivity index (χ1) is 11.8. The summed E-state index contributed by atoms with van der Waals surface area (Å²) in [5.74, 6) is -1.02. The number of imide groups is 1. The van der Waals surface area contributed by atoms with E-state index >= 15 is 0 Å². The van der Waals surface area contributed by atoms with E-state index in [1.165, 1.54) is 21.3 Å². The highest BCUT2D eigenvalue weighted by molar-refractivity contribution is 7.91. The first-order valence-electron chi connectivity index (χ1n) is 7.65. The molecule has 3 heterocycles. The molecular formula is C14H16ClN3O5S2. The van der Waals surface area contributed by atoms with Crippen molar-refractivity contribution in [2.45, 2.75) is 17.1 Å². The first-order valence-corrected chi connectivity index (χ1v) is 10.3. The second kappa shape index (κ2) is 7.02. The van der Waals surface area contributed by atoms with E-state index in [9.17, 15) is 22.8 Å². The van der Waals surface area contributed by atoms with E-state index in [1.54, 1.807) is 0 Å². The third kappa shape index (κ3) is 3.71. The molecule has 0 aliphatic carbocycles. The maximum atomic E-state index is 12.5. The van der Waals surface area contributed by atoms with Crippen LogP contribution in [0.15, 0.2) is 16.3 Å². The highest BCUT2D eigenvalue weighted by Crippen LogP contribution is 2.28. The predicted octanol–water partition coefficient (Wildman–Crippen LogP) is 0.383. The fourth-order valence-corrected chi connectivity index (χ4v) is 5.84. The van der Waals surface area contributed by atoms with Crippen LogP contribution in [0, 0.1) is 0 Å². The summed E-state index contributed by atoms with van der Waals surface area (Å²) < 4.78 is 26.9. The lowest BCUT2D eigenvalue weighted by molar-refractivity contribution is -0.145. The Kier molecular flexibility index (Phi) is 5.14. The summed E-state index contributed by atoms with van der Waals surface area (Å²) in [4.78, 5) is 37.9. The molecule has 0 aromatic carbocycles. The van der Waals surface area contributed by atoms with E-state index < -0.39 is 10.0 Å². The minimum absolute atomic E-state index is 0.140. The van der Waals surface area contributed by atoms with Crippen molar-refractivity contribution in [1.29, 1.82) is 0 Å². The van der Waals surface area contributed by atoms with E-state index in [-0.39, 0.29) is 67.5 Å². The minimum Gasteiger partial charge on any atom is -0.338 e. The molecule has 25 heavy (non-hydrogen) atoms. The predicted molar refractivity (Wildman–Crippen MR) is 90.6 cm³/mol. The zero-order valence-electron chi connectivity index (χ0n) is 13.2. The maximum Gasteiger partial charge on any atom is 0.252 e. The lowest BCUT2D eigenvalue weighted by Gasteiger charge is -2.34. The minimum atomic E-state index is -3.62. The number of piperazine rings is 1. The summed E-state index contributed by atoms with van der Waals surface area (Å²) >= 11 is 6.79. The second-order valence-electron chi connectivity index (χ2n) is 5.72. The number of nitrogens with zero attached hydrogens (tertiary/aromatic N) is 3. The molecule has 3 rings (SSSR count). The molecule has 136 valence electrons. The molecular weight excluding hydrogens is 390 g/mol. The SMILES string of the molecule is O=C(CN1C(=O)CCC1=O)N1CCN(S(=O)(=O)c2ccc(Cl)s2)CC1. The van der Waals surface area contributed by atoms with Gasteiger partial charge in [0.2, 0.25) is 17.7 Å². The lowest BCUT2D eigenvalue weighted by atomic mass is 10.3. The van der Waals surface area contributed by atoms with E-state index in [1.807, 2.05) is 0 Å². The third-order valence-corrected chi connectivity index (χ3v) is 7.78. The second-order valence-corrected chi connectivity index (χ2v) is 9.60. The standard InChI is InChI=1S/C14H16ClN3O5S2/c15-10-1-4-14(24-10)25(22,23)17-7-5-16(6-8-17)13(21)9-18-11(19)2-3-12(18)20/h1,4H,2-3,5-9H2. The van der Waals surface area contributed by atoms with Crippen LogP contribution in [-0.2, 0) is 24.4 Å². The Morgan fingerprint density at radius 3 is 2.20 bits per heavy atom. The molecule has 2 aliphatic rings. The summed E-state index contributed by atoms with van der Waals surface area (Å²) in [7, 11) is -3.62. The molecule has 0 spiro atoms. The molecule has 1 aromatic heterocycles. The Hall–Kier alpha value is -1.49. The van der Waals surface area contributed by atoms with Crippen LogP contribution < -0.4 is 0 Å². The number of hydrogen-bond acceptors (Lipinski definition) is 6. The highest BCUT2D eigenvalue weighted by atomic mass is 35.5. The van der Waals surface area contributed by atoms with Gasteiger partial charge in [-0.2, -0.15) is 4.31 Å². The van der Waals surface area contributed by atoms with Crippen LogP contribution in [0.4, 0.5) is 0 Å². The molecule has 1 aromatic rings. The molecule has 2 fully saturated rings. The molecule has 8 nitrogen and oxygen atoms in total. The van der Waals surface area contributed by atoms with Crippen LogP contribution in [-0.4, -0.2) is 73.0 Å². The van der Waals surface area contributed by atoms with Crippen molar-refractivity contribution < 1.29 is 22.8 Å². The Labute approximate surface area is 154 Å². The molecule has 2 saturated heterocycles. The van der Waals surface area contributed by atoms with Gasteiger partial charge in [-0.15, -0.1) is 11.3 Å². The van der Waals surface area contributed by atoms with Crippen LogP contribution >= 0.6 is 22.9 Å². The zero-order valence-corrected chi connectivity index (χ0v) is 15.6.